The van der Waals surface area contributed by atoms with E-state index < -0.39 is 17.1 Å². The lowest BCUT2D eigenvalue weighted by Crippen LogP contribution is -2.78. The number of benzene rings is 3. The summed E-state index contributed by atoms with van der Waals surface area (Å²) in [5.41, 5.74) is 2.47. The second kappa shape index (κ2) is 10.7. The molecule has 0 radical (unpaired) electrons. The molecule has 6 heteroatoms. The van der Waals surface area contributed by atoms with E-state index in [1.165, 1.54) is 5.56 Å². The summed E-state index contributed by atoms with van der Waals surface area (Å²) >= 11 is 0. The SMILES string of the molecule is CC(C)CN(C(=O)C#Cc1ccccc1)[C@H]1CC[C@@]2(O)[C@H]3Cc4ccc(O)c5c4[C@@]2(CCN3CCc2ccccc2)[C@H]1O5. The molecular weight excluding hydrogens is 536 g/mol. The Bertz CT molecular complexity index is 1580. The fraction of sp³-hybridized carbons (Fsp3) is 0.432. The third-order valence-electron chi connectivity index (χ3n) is 10.4. The fourth-order valence-corrected chi connectivity index (χ4v) is 8.59. The maximum Gasteiger partial charge on any atom is 0.299 e. The van der Waals surface area contributed by atoms with Gasteiger partial charge in [0, 0.05) is 36.2 Å². The number of hydrogen-bond acceptors (Lipinski definition) is 5. The molecule has 222 valence electrons. The average molecular weight is 577 g/mol. The van der Waals surface area contributed by atoms with E-state index in [0.717, 1.165) is 36.2 Å². The van der Waals surface area contributed by atoms with Crippen LogP contribution in [0.25, 0.3) is 0 Å². The number of hydrogen-bond donors (Lipinski definition) is 2. The van der Waals surface area contributed by atoms with Gasteiger partial charge in [0.1, 0.15) is 6.10 Å². The molecule has 6 nitrogen and oxygen atoms in total. The first-order valence-corrected chi connectivity index (χ1v) is 15.7. The number of amides is 1. The van der Waals surface area contributed by atoms with Crippen LogP contribution in [0, 0.1) is 17.8 Å². The number of aliphatic hydroxyl groups is 1. The minimum absolute atomic E-state index is 0.0628. The molecule has 4 aliphatic rings. The maximum absolute atomic E-state index is 13.8. The molecule has 7 rings (SSSR count). The van der Waals surface area contributed by atoms with Crippen LogP contribution in [0.2, 0.25) is 0 Å². The van der Waals surface area contributed by atoms with Gasteiger partial charge in [0.25, 0.3) is 5.91 Å². The Morgan fingerprint density at radius 3 is 2.56 bits per heavy atom. The van der Waals surface area contributed by atoms with Crippen LogP contribution in [-0.4, -0.2) is 69.3 Å². The average Bonchev–Trinajstić information content (AvgIpc) is 3.37. The van der Waals surface area contributed by atoms with Gasteiger partial charge in [0.05, 0.1) is 17.1 Å². The number of ether oxygens (including phenoxy) is 1. The number of phenolic OH excluding ortho intramolecular Hbond substituents is 1. The number of carbonyl (C=O) groups is 1. The molecule has 2 aliphatic carbocycles. The summed E-state index contributed by atoms with van der Waals surface area (Å²) in [6.45, 7) is 6.46. The Kier molecular flexibility index (Phi) is 6.99. The number of phenols is 1. The zero-order valence-corrected chi connectivity index (χ0v) is 25.0. The third kappa shape index (κ3) is 4.44. The van der Waals surface area contributed by atoms with Crippen molar-refractivity contribution < 1.29 is 19.7 Å². The smallest absolute Gasteiger partial charge is 0.299 e. The van der Waals surface area contributed by atoms with Gasteiger partial charge in [-0.3, -0.25) is 9.69 Å². The first kappa shape index (κ1) is 28.0. The first-order valence-electron chi connectivity index (χ1n) is 15.7. The number of rotatable bonds is 6. The summed E-state index contributed by atoms with van der Waals surface area (Å²) in [6, 6.07) is 23.5. The van der Waals surface area contributed by atoms with E-state index in [0.29, 0.717) is 38.0 Å². The summed E-state index contributed by atoms with van der Waals surface area (Å²) in [4.78, 5) is 18.2. The lowest BCUT2D eigenvalue weighted by Gasteiger charge is -2.64. The zero-order valence-electron chi connectivity index (χ0n) is 25.0. The van der Waals surface area contributed by atoms with Crippen LogP contribution < -0.4 is 4.74 Å². The van der Waals surface area contributed by atoms with Crippen molar-refractivity contribution in [3.05, 3.63) is 95.1 Å². The summed E-state index contributed by atoms with van der Waals surface area (Å²) in [5.74, 6) is 6.59. The van der Waals surface area contributed by atoms with Crippen molar-refractivity contribution in [2.75, 3.05) is 19.6 Å². The number of aromatic hydroxyl groups is 1. The molecule has 2 aliphatic heterocycles. The van der Waals surface area contributed by atoms with E-state index in [4.69, 9.17) is 4.74 Å². The summed E-state index contributed by atoms with van der Waals surface area (Å²) < 4.78 is 6.76. The van der Waals surface area contributed by atoms with E-state index >= 15 is 0 Å². The molecular formula is C37H40N2O4. The highest BCUT2D eigenvalue weighted by atomic mass is 16.5. The van der Waals surface area contributed by atoms with Crippen molar-refractivity contribution in [2.24, 2.45) is 5.92 Å². The highest BCUT2D eigenvalue weighted by molar-refractivity contribution is 5.94. The molecule has 2 bridgehead atoms. The Hall–Kier alpha value is -3.79. The predicted octanol–water partition coefficient (Wildman–Crippen LogP) is 4.69. The lowest BCUT2D eigenvalue weighted by molar-refractivity contribution is -0.200. The lowest BCUT2D eigenvalue weighted by atomic mass is 9.48. The summed E-state index contributed by atoms with van der Waals surface area (Å²) in [5, 5.41) is 23.9. The number of carbonyl (C=O) groups excluding carboxylic acids is 1. The Labute approximate surface area is 254 Å². The van der Waals surface area contributed by atoms with Gasteiger partial charge in [-0.1, -0.05) is 74.4 Å². The molecule has 2 fully saturated rings. The molecule has 1 saturated carbocycles. The van der Waals surface area contributed by atoms with Crippen molar-refractivity contribution in [3.8, 4) is 23.3 Å². The molecule has 2 N–H and O–H groups in total. The van der Waals surface area contributed by atoms with E-state index in [1.807, 2.05) is 47.4 Å². The molecule has 1 saturated heterocycles. The van der Waals surface area contributed by atoms with Gasteiger partial charge in [0.2, 0.25) is 0 Å². The molecule has 1 spiro atoms. The highest BCUT2D eigenvalue weighted by Gasteiger charge is 2.73. The van der Waals surface area contributed by atoms with E-state index in [2.05, 4.69) is 54.9 Å². The van der Waals surface area contributed by atoms with Gasteiger partial charge in [-0.25, -0.2) is 0 Å². The van der Waals surface area contributed by atoms with Crippen molar-refractivity contribution in [1.29, 1.82) is 0 Å². The van der Waals surface area contributed by atoms with Gasteiger partial charge in [0.15, 0.2) is 11.5 Å². The van der Waals surface area contributed by atoms with Crippen LogP contribution in [0.4, 0.5) is 0 Å². The normalized spacial score (nSPS) is 28.4. The molecule has 43 heavy (non-hydrogen) atoms. The van der Waals surface area contributed by atoms with Gasteiger partial charge >= 0.3 is 0 Å². The Morgan fingerprint density at radius 1 is 1.07 bits per heavy atom. The van der Waals surface area contributed by atoms with Gasteiger partial charge in [-0.2, -0.15) is 0 Å². The minimum Gasteiger partial charge on any atom is -0.504 e. The van der Waals surface area contributed by atoms with Crippen molar-refractivity contribution in [2.45, 2.75) is 75.2 Å². The van der Waals surface area contributed by atoms with Crippen LogP contribution in [0.5, 0.6) is 11.5 Å². The standard InChI is InChI=1S/C37H40N2O4/c1-25(2)24-39(32(41)16-13-26-9-5-3-6-10-26)29-17-19-37(42)31-23-28-14-15-30(40)34-33(28)36(37,35(29)43-34)20-22-38(31)21-18-27-11-7-4-8-12-27/h3-12,14-15,25,29,31,35,40,42H,17-24H2,1-2H3/t29-,31+,35-,36-,37+/m0/s1. The molecule has 1 amide bonds. The third-order valence-corrected chi connectivity index (χ3v) is 10.4. The first-order chi connectivity index (χ1) is 20.8. The van der Waals surface area contributed by atoms with Crippen LogP contribution in [0.1, 0.15) is 55.4 Å². The minimum atomic E-state index is -1.03. The van der Waals surface area contributed by atoms with Crippen LogP contribution in [-0.2, 0) is 23.1 Å². The Morgan fingerprint density at radius 2 is 1.81 bits per heavy atom. The van der Waals surface area contributed by atoms with E-state index in [-0.39, 0.29) is 29.7 Å². The maximum atomic E-state index is 13.8. The van der Waals surface area contributed by atoms with Crippen molar-refractivity contribution in [1.82, 2.24) is 9.80 Å². The van der Waals surface area contributed by atoms with Crippen molar-refractivity contribution in [3.63, 3.8) is 0 Å². The predicted molar refractivity (Wildman–Crippen MR) is 166 cm³/mol. The second-order valence-electron chi connectivity index (χ2n) is 13.2. The summed E-state index contributed by atoms with van der Waals surface area (Å²) in [7, 11) is 0. The quantitative estimate of drug-likeness (QED) is 0.417. The Balaban J connectivity index is 1.26. The second-order valence-corrected chi connectivity index (χ2v) is 13.2. The number of nitrogens with zero attached hydrogens (tertiary/aromatic N) is 2. The van der Waals surface area contributed by atoms with Crippen molar-refractivity contribution >= 4 is 5.91 Å². The van der Waals surface area contributed by atoms with E-state index in [9.17, 15) is 15.0 Å². The topological polar surface area (TPSA) is 73.2 Å². The number of piperidine rings is 1. The monoisotopic (exact) mass is 576 g/mol. The molecule has 5 atom stereocenters. The molecule has 0 unspecified atom stereocenters. The zero-order chi connectivity index (χ0) is 29.8. The molecule has 3 aromatic rings. The molecule has 2 heterocycles. The van der Waals surface area contributed by atoms with Gasteiger partial charge in [-0.05, 0) is 73.9 Å². The molecule has 3 aromatic carbocycles. The van der Waals surface area contributed by atoms with Gasteiger partial charge < -0.3 is 19.8 Å². The summed E-state index contributed by atoms with van der Waals surface area (Å²) in [6.07, 6.45) is 3.06. The van der Waals surface area contributed by atoms with Crippen LogP contribution in [0.3, 0.4) is 0 Å². The van der Waals surface area contributed by atoms with E-state index in [1.54, 1.807) is 6.07 Å². The van der Waals surface area contributed by atoms with Crippen LogP contribution in [0.15, 0.2) is 72.8 Å². The number of likely N-dealkylation sites (tertiary alicyclic amines) is 1. The van der Waals surface area contributed by atoms with Crippen LogP contribution >= 0.6 is 0 Å². The highest BCUT2D eigenvalue weighted by Crippen LogP contribution is 2.65. The largest absolute Gasteiger partial charge is 0.504 e. The van der Waals surface area contributed by atoms with Gasteiger partial charge in [-0.15, -0.1) is 0 Å². The molecule has 0 aromatic heterocycles. The fourth-order valence-electron chi connectivity index (χ4n) is 8.59.